The van der Waals surface area contributed by atoms with Crippen LogP contribution in [0.3, 0.4) is 0 Å². The van der Waals surface area contributed by atoms with Gasteiger partial charge >= 0.3 is 0 Å². The van der Waals surface area contributed by atoms with Crippen molar-refractivity contribution in [3.63, 3.8) is 0 Å². The summed E-state index contributed by atoms with van der Waals surface area (Å²) in [4.78, 5) is 25.3. The molecule has 32 heavy (non-hydrogen) atoms. The van der Waals surface area contributed by atoms with E-state index in [4.69, 9.17) is 16.4 Å². The molecule has 2 aromatic carbocycles. The zero-order valence-corrected chi connectivity index (χ0v) is 18.1. The highest BCUT2D eigenvalue weighted by Gasteiger charge is 2.22. The number of nitro benzene ring substituents is 1. The van der Waals surface area contributed by atoms with Crippen LogP contribution in [0.15, 0.2) is 54.6 Å². The van der Waals surface area contributed by atoms with E-state index in [1.165, 1.54) is 6.07 Å². The molecule has 0 atom stereocenters. The van der Waals surface area contributed by atoms with Gasteiger partial charge in [-0.2, -0.15) is 0 Å². The molecule has 4 rings (SSSR count). The molecule has 0 N–H and O–H groups in total. The summed E-state index contributed by atoms with van der Waals surface area (Å²) < 4.78 is 0. The molecule has 162 valence electrons. The average Bonchev–Trinajstić information content (AvgIpc) is 2.82. The Kier molecular flexibility index (Phi) is 6.55. The molecule has 7 nitrogen and oxygen atoms in total. The SMILES string of the molecule is C#CCN1CCN(Cc2c(C)nc(-c3ccccc3)nc2-c2cccc([N+](=O)[O-])c2)CC1. The highest BCUT2D eigenvalue weighted by molar-refractivity contribution is 5.69. The number of hydrogen-bond acceptors (Lipinski definition) is 6. The van der Waals surface area contributed by atoms with Crippen LogP contribution in [0.1, 0.15) is 11.3 Å². The molecule has 7 heteroatoms. The van der Waals surface area contributed by atoms with Gasteiger partial charge in [-0.25, -0.2) is 9.97 Å². The van der Waals surface area contributed by atoms with Gasteiger partial charge in [0, 0.05) is 67.2 Å². The van der Waals surface area contributed by atoms with Gasteiger partial charge in [0.25, 0.3) is 5.69 Å². The fourth-order valence-corrected chi connectivity index (χ4v) is 3.97. The van der Waals surface area contributed by atoms with Gasteiger partial charge in [-0.1, -0.05) is 48.4 Å². The van der Waals surface area contributed by atoms with Gasteiger partial charge in [-0.3, -0.25) is 19.9 Å². The van der Waals surface area contributed by atoms with Crippen molar-refractivity contribution in [2.24, 2.45) is 0 Å². The number of piperazine rings is 1. The van der Waals surface area contributed by atoms with Gasteiger partial charge in [0.15, 0.2) is 5.82 Å². The summed E-state index contributed by atoms with van der Waals surface area (Å²) in [5.41, 5.74) is 4.31. The molecule has 3 aromatic rings. The lowest BCUT2D eigenvalue weighted by molar-refractivity contribution is -0.384. The summed E-state index contributed by atoms with van der Waals surface area (Å²) in [5, 5.41) is 11.4. The molecule has 1 fully saturated rings. The summed E-state index contributed by atoms with van der Waals surface area (Å²) in [7, 11) is 0. The van der Waals surface area contributed by atoms with Crippen molar-refractivity contribution >= 4 is 5.69 Å². The second-order valence-electron chi connectivity index (χ2n) is 7.89. The summed E-state index contributed by atoms with van der Waals surface area (Å²) in [6.45, 7) is 6.96. The minimum absolute atomic E-state index is 0.0499. The molecule has 1 aromatic heterocycles. The van der Waals surface area contributed by atoms with Gasteiger partial charge in [0.05, 0.1) is 17.2 Å². The van der Waals surface area contributed by atoms with Gasteiger partial charge in [0.2, 0.25) is 0 Å². The van der Waals surface area contributed by atoms with Crippen molar-refractivity contribution in [3.8, 4) is 35.0 Å². The van der Waals surface area contributed by atoms with E-state index in [0.717, 1.165) is 54.3 Å². The minimum atomic E-state index is -0.375. The molecule has 0 unspecified atom stereocenters. The Morgan fingerprint density at radius 3 is 2.38 bits per heavy atom. The van der Waals surface area contributed by atoms with Crippen molar-refractivity contribution in [2.75, 3.05) is 32.7 Å². The number of benzene rings is 2. The Balaban J connectivity index is 1.73. The molecular formula is C25H25N5O2. The number of aromatic nitrogens is 2. The quantitative estimate of drug-likeness (QED) is 0.339. The molecule has 0 spiro atoms. The number of nitrogens with zero attached hydrogens (tertiary/aromatic N) is 5. The highest BCUT2D eigenvalue weighted by Crippen LogP contribution is 2.30. The minimum Gasteiger partial charge on any atom is -0.296 e. The fraction of sp³-hybridized carbons (Fsp3) is 0.280. The highest BCUT2D eigenvalue weighted by atomic mass is 16.6. The number of non-ortho nitro benzene ring substituents is 1. The second-order valence-corrected chi connectivity index (χ2v) is 7.89. The van der Waals surface area contributed by atoms with E-state index < -0.39 is 0 Å². The zero-order chi connectivity index (χ0) is 22.5. The van der Waals surface area contributed by atoms with Crippen LogP contribution in [0.2, 0.25) is 0 Å². The summed E-state index contributed by atoms with van der Waals surface area (Å²) in [6.07, 6.45) is 5.45. The first kappa shape index (κ1) is 21.6. The molecule has 1 aliphatic heterocycles. The van der Waals surface area contributed by atoms with Gasteiger partial charge in [0.1, 0.15) is 0 Å². The third-order valence-electron chi connectivity index (χ3n) is 5.74. The van der Waals surface area contributed by atoms with Crippen LogP contribution in [0.5, 0.6) is 0 Å². The van der Waals surface area contributed by atoms with Crippen LogP contribution in [0.25, 0.3) is 22.6 Å². The van der Waals surface area contributed by atoms with Crippen LogP contribution in [-0.4, -0.2) is 57.4 Å². The van der Waals surface area contributed by atoms with Crippen molar-refractivity contribution < 1.29 is 4.92 Å². The first-order valence-electron chi connectivity index (χ1n) is 10.6. The largest absolute Gasteiger partial charge is 0.296 e. The van der Waals surface area contributed by atoms with E-state index in [2.05, 4.69) is 15.7 Å². The topological polar surface area (TPSA) is 75.4 Å². The van der Waals surface area contributed by atoms with Crippen molar-refractivity contribution in [1.29, 1.82) is 0 Å². The van der Waals surface area contributed by atoms with E-state index in [-0.39, 0.29) is 10.6 Å². The first-order valence-corrected chi connectivity index (χ1v) is 10.6. The van der Waals surface area contributed by atoms with Gasteiger partial charge in [-0.05, 0) is 6.92 Å². The van der Waals surface area contributed by atoms with Crippen LogP contribution >= 0.6 is 0 Å². The third kappa shape index (κ3) is 4.83. The number of nitro groups is 1. The predicted molar refractivity (Wildman–Crippen MR) is 125 cm³/mol. The number of aryl methyl sites for hydroxylation is 1. The van der Waals surface area contributed by atoms with Crippen LogP contribution in [-0.2, 0) is 6.54 Å². The van der Waals surface area contributed by atoms with Crippen LogP contribution in [0, 0.1) is 29.4 Å². The monoisotopic (exact) mass is 427 g/mol. The molecule has 1 aliphatic rings. The van der Waals surface area contributed by atoms with E-state index in [0.29, 0.717) is 18.9 Å². The van der Waals surface area contributed by atoms with E-state index in [1.54, 1.807) is 12.1 Å². The normalized spacial score (nSPS) is 14.8. The molecule has 0 bridgehead atoms. The molecule has 0 amide bonds. The molecule has 2 heterocycles. The molecule has 0 radical (unpaired) electrons. The van der Waals surface area contributed by atoms with Gasteiger partial charge in [-0.15, -0.1) is 6.42 Å². The Hall–Kier alpha value is -3.60. The maximum atomic E-state index is 11.4. The van der Waals surface area contributed by atoms with Crippen molar-refractivity contribution in [3.05, 3.63) is 76.0 Å². The Morgan fingerprint density at radius 1 is 1.00 bits per heavy atom. The van der Waals surface area contributed by atoms with Crippen LogP contribution < -0.4 is 0 Å². The Bertz CT molecular complexity index is 1150. The van der Waals surface area contributed by atoms with Crippen molar-refractivity contribution in [2.45, 2.75) is 13.5 Å². The lowest BCUT2D eigenvalue weighted by atomic mass is 10.0. The molecule has 0 saturated carbocycles. The predicted octanol–water partition coefficient (Wildman–Crippen LogP) is 3.78. The third-order valence-corrected chi connectivity index (χ3v) is 5.74. The smallest absolute Gasteiger partial charge is 0.270 e. The zero-order valence-electron chi connectivity index (χ0n) is 18.1. The van der Waals surface area contributed by atoms with Crippen molar-refractivity contribution in [1.82, 2.24) is 19.8 Å². The first-order chi connectivity index (χ1) is 15.5. The second kappa shape index (κ2) is 9.69. The van der Waals surface area contributed by atoms with E-state index >= 15 is 0 Å². The molecular weight excluding hydrogens is 402 g/mol. The van der Waals surface area contributed by atoms with E-state index in [9.17, 15) is 10.1 Å². The Morgan fingerprint density at radius 2 is 1.69 bits per heavy atom. The fourth-order valence-electron chi connectivity index (χ4n) is 3.97. The summed E-state index contributed by atoms with van der Waals surface area (Å²) in [5.74, 6) is 3.33. The van der Waals surface area contributed by atoms with Crippen LogP contribution in [0.4, 0.5) is 5.69 Å². The maximum absolute atomic E-state index is 11.4. The Labute approximate surface area is 187 Å². The molecule has 1 saturated heterocycles. The maximum Gasteiger partial charge on any atom is 0.270 e. The number of rotatable bonds is 6. The number of hydrogen-bond donors (Lipinski definition) is 0. The average molecular weight is 428 g/mol. The van der Waals surface area contributed by atoms with E-state index in [1.807, 2.05) is 43.3 Å². The standard InChI is InChI=1S/C25H25N5O2/c1-3-12-28-13-15-29(16-14-28)18-23-19(2)26-25(20-8-5-4-6-9-20)27-24(23)21-10-7-11-22(17-21)30(31)32/h1,4-11,17H,12-16,18H2,2H3. The number of terminal acetylenes is 1. The molecule has 0 aliphatic carbocycles. The van der Waals surface area contributed by atoms with Gasteiger partial charge < -0.3 is 0 Å². The summed E-state index contributed by atoms with van der Waals surface area (Å²) in [6, 6.07) is 16.5. The summed E-state index contributed by atoms with van der Waals surface area (Å²) >= 11 is 0. The lowest BCUT2D eigenvalue weighted by Crippen LogP contribution is -2.46. The lowest BCUT2D eigenvalue weighted by Gasteiger charge is -2.34.